The van der Waals surface area contributed by atoms with Gasteiger partial charge in [0.15, 0.2) is 0 Å². The summed E-state index contributed by atoms with van der Waals surface area (Å²) in [4.78, 5) is 10.8. The highest BCUT2D eigenvalue weighted by atomic mass is 16.6. The number of ether oxygens (including phenoxy) is 1. The van der Waals surface area contributed by atoms with Crippen molar-refractivity contribution in [1.29, 1.82) is 0 Å². The van der Waals surface area contributed by atoms with Gasteiger partial charge in [0.05, 0.1) is 6.61 Å². The molecule has 4 nitrogen and oxygen atoms in total. The number of carbonyl (C=O) groups is 1. The number of aliphatic hydroxyl groups is 1. The minimum Gasteiger partial charge on any atom is -0.410 e. The standard InChI is InChI=1S/C9H9NO3/c11-5-6-1-2-8-7(3-6)4-10-9(12)13-8/h1-3,11H,4-5H2,(H,10,12). The van der Waals surface area contributed by atoms with Gasteiger partial charge in [-0.15, -0.1) is 0 Å². The van der Waals surface area contributed by atoms with Gasteiger partial charge in [-0.1, -0.05) is 6.07 Å². The number of fused-ring (bicyclic) bond motifs is 1. The number of hydrogen-bond donors (Lipinski definition) is 2. The van der Waals surface area contributed by atoms with Crippen molar-refractivity contribution in [2.24, 2.45) is 0 Å². The molecule has 0 unspecified atom stereocenters. The highest BCUT2D eigenvalue weighted by Crippen LogP contribution is 2.22. The fraction of sp³-hybridized carbons (Fsp3) is 0.222. The summed E-state index contributed by atoms with van der Waals surface area (Å²) in [5.74, 6) is 0.570. The van der Waals surface area contributed by atoms with Crippen molar-refractivity contribution < 1.29 is 14.6 Å². The van der Waals surface area contributed by atoms with Crippen LogP contribution in [-0.4, -0.2) is 11.2 Å². The molecule has 0 atom stereocenters. The van der Waals surface area contributed by atoms with Crippen molar-refractivity contribution in [2.75, 3.05) is 0 Å². The molecule has 1 aliphatic rings. The van der Waals surface area contributed by atoms with E-state index in [1.807, 2.05) is 6.07 Å². The summed E-state index contributed by atoms with van der Waals surface area (Å²) in [5, 5.41) is 11.4. The summed E-state index contributed by atoms with van der Waals surface area (Å²) >= 11 is 0. The Morgan fingerprint density at radius 2 is 2.38 bits per heavy atom. The van der Waals surface area contributed by atoms with E-state index in [1.54, 1.807) is 12.1 Å². The number of aliphatic hydroxyl groups excluding tert-OH is 1. The predicted molar refractivity (Wildman–Crippen MR) is 45.2 cm³/mol. The van der Waals surface area contributed by atoms with Crippen molar-refractivity contribution in [3.05, 3.63) is 29.3 Å². The van der Waals surface area contributed by atoms with E-state index < -0.39 is 6.09 Å². The lowest BCUT2D eigenvalue weighted by molar-refractivity contribution is 0.194. The van der Waals surface area contributed by atoms with Gasteiger partial charge in [0.1, 0.15) is 5.75 Å². The number of amides is 1. The number of nitrogens with one attached hydrogen (secondary N) is 1. The Labute approximate surface area is 75.1 Å². The molecule has 1 aromatic rings. The summed E-state index contributed by atoms with van der Waals surface area (Å²) in [7, 11) is 0. The molecule has 0 spiro atoms. The lowest BCUT2D eigenvalue weighted by Gasteiger charge is -2.17. The number of carbonyl (C=O) groups excluding carboxylic acids is 1. The molecule has 4 heteroatoms. The molecule has 68 valence electrons. The molecule has 1 aromatic carbocycles. The van der Waals surface area contributed by atoms with Crippen LogP contribution in [0.2, 0.25) is 0 Å². The first-order valence-electron chi connectivity index (χ1n) is 3.98. The zero-order valence-electron chi connectivity index (χ0n) is 6.91. The molecule has 1 aliphatic heterocycles. The third kappa shape index (κ3) is 1.48. The normalized spacial score (nSPS) is 14.4. The van der Waals surface area contributed by atoms with E-state index in [9.17, 15) is 4.79 Å². The Bertz CT molecular complexity index is 349. The van der Waals surface area contributed by atoms with Crippen LogP contribution < -0.4 is 10.1 Å². The second-order valence-corrected chi connectivity index (χ2v) is 2.84. The van der Waals surface area contributed by atoms with Crippen LogP contribution in [0.1, 0.15) is 11.1 Å². The van der Waals surface area contributed by atoms with E-state index in [0.29, 0.717) is 12.3 Å². The highest BCUT2D eigenvalue weighted by Gasteiger charge is 2.15. The van der Waals surface area contributed by atoms with Crippen LogP contribution in [0.3, 0.4) is 0 Å². The monoisotopic (exact) mass is 179 g/mol. The van der Waals surface area contributed by atoms with Crippen LogP contribution in [0.5, 0.6) is 5.75 Å². The Morgan fingerprint density at radius 3 is 3.15 bits per heavy atom. The zero-order valence-corrected chi connectivity index (χ0v) is 6.91. The van der Waals surface area contributed by atoms with Gasteiger partial charge in [0, 0.05) is 12.1 Å². The van der Waals surface area contributed by atoms with Crippen LogP contribution in [-0.2, 0) is 13.2 Å². The topological polar surface area (TPSA) is 58.6 Å². The average molecular weight is 179 g/mol. The van der Waals surface area contributed by atoms with Gasteiger partial charge >= 0.3 is 6.09 Å². The van der Waals surface area contributed by atoms with Gasteiger partial charge in [-0.05, 0) is 17.7 Å². The molecule has 0 bridgehead atoms. The molecule has 13 heavy (non-hydrogen) atoms. The molecule has 1 amide bonds. The van der Waals surface area contributed by atoms with Gasteiger partial charge < -0.3 is 15.2 Å². The maximum Gasteiger partial charge on any atom is 0.412 e. The summed E-state index contributed by atoms with van der Waals surface area (Å²) in [5.41, 5.74) is 1.71. The minimum atomic E-state index is -0.427. The molecule has 0 saturated heterocycles. The molecule has 2 N–H and O–H groups in total. The Morgan fingerprint density at radius 1 is 1.54 bits per heavy atom. The molecular weight excluding hydrogens is 170 g/mol. The first-order chi connectivity index (χ1) is 6.29. The second kappa shape index (κ2) is 3.06. The average Bonchev–Trinajstić information content (AvgIpc) is 2.17. The zero-order chi connectivity index (χ0) is 9.26. The maximum absolute atomic E-state index is 10.8. The summed E-state index contributed by atoms with van der Waals surface area (Å²) in [6, 6.07) is 5.24. The fourth-order valence-electron chi connectivity index (χ4n) is 1.27. The van der Waals surface area contributed by atoms with E-state index >= 15 is 0 Å². The number of benzene rings is 1. The second-order valence-electron chi connectivity index (χ2n) is 2.84. The van der Waals surface area contributed by atoms with E-state index in [2.05, 4.69) is 5.32 Å². The first-order valence-corrected chi connectivity index (χ1v) is 3.98. The van der Waals surface area contributed by atoms with Crippen LogP contribution in [0.25, 0.3) is 0 Å². The minimum absolute atomic E-state index is 0.00122. The molecule has 0 radical (unpaired) electrons. The highest BCUT2D eigenvalue weighted by molar-refractivity contribution is 5.73. The lowest BCUT2D eigenvalue weighted by Crippen LogP contribution is -2.31. The summed E-state index contributed by atoms with van der Waals surface area (Å²) < 4.78 is 4.90. The Hall–Kier alpha value is -1.55. The SMILES string of the molecule is O=C1NCc2cc(CO)ccc2O1. The third-order valence-electron chi connectivity index (χ3n) is 1.93. The van der Waals surface area contributed by atoms with Crippen molar-refractivity contribution in [1.82, 2.24) is 5.32 Å². The molecule has 0 fully saturated rings. The fourth-order valence-corrected chi connectivity index (χ4v) is 1.27. The Balaban J connectivity index is 2.36. The third-order valence-corrected chi connectivity index (χ3v) is 1.93. The van der Waals surface area contributed by atoms with Crippen molar-refractivity contribution in [2.45, 2.75) is 13.2 Å². The maximum atomic E-state index is 10.8. The van der Waals surface area contributed by atoms with E-state index in [1.165, 1.54) is 0 Å². The lowest BCUT2D eigenvalue weighted by atomic mass is 10.1. The largest absolute Gasteiger partial charge is 0.412 e. The van der Waals surface area contributed by atoms with Crippen LogP contribution in [0.15, 0.2) is 18.2 Å². The first kappa shape index (κ1) is 8.07. The molecule has 0 saturated carbocycles. The number of hydrogen-bond acceptors (Lipinski definition) is 3. The molecule has 1 heterocycles. The number of rotatable bonds is 1. The van der Waals surface area contributed by atoms with Crippen LogP contribution in [0.4, 0.5) is 4.79 Å². The van der Waals surface area contributed by atoms with Gasteiger partial charge in [0.25, 0.3) is 0 Å². The van der Waals surface area contributed by atoms with E-state index in [0.717, 1.165) is 11.1 Å². The van der Waals surface area contributed by atoms with Gasteiger partial charge in [0.2, 0.25) is 0 Å². The van der Waals surface area contributed by atoms with Gasteiger partial charge in [-0.3, -0.25) is 0 Å². The smallest absolute Gasteiger partial charge is 0.410 e. The van der Waals surface area contributed by atoms with Gasteiger partial charge in [-0.25, -0.2) is 4.79 Å². The predicted octanol–water partition coefficient (Wildman–Crippen LogP) is 0.781. The van der Waals surface area contributed by atoms with Crippen LogP contribution in [0, 0.1) is 0 Å². The van der Waals surface area contributed by atoms with Crippen LogP contribution >= 0.6 is 0 Å². The summed E-state index contributed by atoms with van der Waals surface area (Å²) in [6.07, 6.45) is -0.427. The molecule has 0 aromatic heterocycles. The van der Waals surface area contributed by atoms with Crippen molar-refractivity contribution in [3.63, 3.8) is 0 Å². The molecule has 0 aliphatic carbocycles. The molecule has 2 rings (SSSR count). The quantitative estimate of drug-likeness (QED) is 0.669. The molecular formula is C9H9NO3. The van der Waals surface area contributed by atoms with Crippen molar-refractivity contribution in [3.8, 4) is 5.75 Å². The summed E-state index contributed by atoms with van der Waals surface area (Å²) in [6.45, 7) is 0.462. The Kier molecular flexibility index (Phi) is 1.90. The van der Waals surface area contributed by atoms with Gasteiger partial charge in [-0.2, -0.15) is 0 Å². The van der Waals surface area contributed by atoms with E-state index in [-0.39, 0.29) is 6.61 Å². The van der Waals surface area contributed by atoms with Crippen molar-refractivity contribution >= 4 is 6.09 Å². The van der Waals surface area contributed by atoms with E-state index in [4.69, 9.17) is 9.84 Å².